The van der Waals surface area contributed by atoms with Gasteiger partial charge in [0.05, 0.1) is 11.5 Å². The van der Waals surface area contributed by atoms with Crippen LogP contribution in [0.1, 0.15) is 23.6 Å². The maximum atomic E-state index is 12.6. The zero-order chi connectivity index (χ0) is 19.1. The first-order valence-electron chi connectivity index (χ1n) is 8.72. The Kier molecular flexibility index (Phi) is 7.27. The lowest BCUT2D eigenvalue weighted by molar-refractivity contribution is -0.116. The van der Waals surface area contributed by atoms with Crippen molar-refractivity contribution in [2.75, 3.05) is 28.3 Å². The minimum atomic E-state index is -0.0945. The summed E-state index contributed by atoms with van der Waals surface area (Å²) in [4.78, 5) is 26.4. The van der Waals surface area contributed by atoms with Gasteiger partial charge in [0.1, 0.15) is 0 Å². The molecule has 0 aliphatic carbocycles. The van der Waals surface area contributed by atoms with Crippen LogP contribution in [0.4, 0.5) is 11.4 Å². The van der Waals surface area contributed by atoms with Crippen LogP contribution in [0.3, 0.4) is 0 Å². The Hall–Kier alpha value is -2.27. The molecule has 0 aromatic heterocycles. The maximum absolute atomic E-state index is 12.6. The van der Waals surface area contributed by atoms with Gasteiger partial charge in [-0.2, -0.15) is 0 Å². The number of carbonyl (C=O) groups excluding carboxylic acids is 2. The molecule has 0 unspecified atom stereocenters. The molecule has 0 aliphatic heterocycles. The van der Waals surface area contributed by atoms with Gasteiger partial charge >= 0.3 is 0 Å². The Morgan fingerprint density at radius 3 is 2.38 bits per heavy atom. The third-order valence-corrected chi connectivity index (χ3v) is 4.94. The predicted molar refractivity (Wildman–Crippen MR) is 111 cm³/mol. The number of rotatable bonds is 7. The van der Waals surface area contributed by atoms with Crippen molar-refractivity contribution in [1.82, 2.24) is 0 Å². The van der Waals surface area contributed by atoms with Gasteiger partial charge in [-0.1, -0.05) is 29.8 Å². The van der Waals surface area contributed by atoms with E-state index in [1.54, 1.807) is 4.90 Å². The summed E-state index contributed by atoms with van der Waals surface area (Å²) in [6.07, 6.45) is 0. The number of nitrogens with one attached hydrogen (secondary N) is 1. The van der Waals surface area contributed by atoms with E-state index in [2.05, 4.69) is 11.4 Å². The summed E-state index contributed by atoms with van der Waals surface area (Å²) in [7, 11) is 0. The summed E-state index contributed by atoms with van der Waals surface area (Å²) in [5.41, 5.74) is 5.08. The van der Waals surface area contributed by atoms with E-state index in [1.807, 2.05) is 64.1 Å². The van der Waals surface area contributed by atoms with Gasteiger partial charge in [0.2, 0.25) is 11.8 Å². The molecule has 5 heteroatoms. The second kappa shape index (κ2) is 9.43. The van der Waals surface area contributed by atoms with Gasteiger partial charge in [-0.15, -0.1) is 11.8 Å². The molecule has 0 radical (unpaired) electrons. The van der Waals surface area contributed by atoms with Crippen LogP contribution in [-0.4, -0.2) is 29.9 Å². The molecule has 0 saturated heterocycles. The smallest absolute Gasteiger partial charge is 0.236 e. The van der Waals surface area contributed by atoms with E-state index in [1.165, 1.54) is 17.3 Å². The number of amides is 2. The van der Waals surface area contributed by atoms with Crippen LogP contribution in [0.5, 0.6) is 0 Å². The molecule has 0 fully saturated rings. The van der Waals surface area contributed by atoms with Gasteiger partial charge in [0, 0.05) is 17.9 Å². The van der Waals surface area contributed by atoms with Gasteiger partial charge in [0.25, 0.3) is 0 Å². The topological polar surface area (TPSA) is 49.4 Å². The summed E-state index contributed by atoms with van der Waals surface area (Å²) >= 11 is 1.34. The van der Waals surface area contributed by atoms with Crippen LogP contribution in [0.2, 0.25) is 0 Å². The van der Waals surface area contributed by atoms with Gasteiger partial charge < -0.3 is 10.2 Å². The van der Waals surface area contributed by atoms with Crippen LogP contribution in [0.25, 0.3) is 0 Å². The molecule has 0 spiro atoms. The van der Waals surface area contributed by atoms with Crippen molar-refractivity contribution in [3.63, 3.8) is 0 Å². The van der Waals surface area contributed by atoms with E-state index >= 15 is 0 Å². The largest absolute Gasteiger partial charge is 0.325 e. The Morgan fingerprint density at radius 1 is 1.00 bits per heavy atom. The molecule has 2 amide bonds. The lowest BCUT2D eigenvalue weighted by atomic mass is 10.1. The minimum Gasteiger partial charge on any atom is -0.325 e. The number of benzene rings is 2. The van der Waals surface area contributed by atoms with Crippen molar-refractivity contribution in [1.29, 1.82) is 0 Å². The van der Waals surface area contributed by atoms with Crippen LogP contribution < -0.4 is 10.2 Å². The third-order valence-electron chi connectivity index (χ3n) is 4.02. The van der Waals surface area contributed by atoms with Crippen molar-refractivity contribution < 1.29 is 9.59 Å². The quantitative estimate of drug-likeness (QED) is 0.789. The molecular weight excluding hydrogens is 344 g/mol. The first-order valence-corrected chi connectivity index (χ1v) is 9.88. The van der Waals surface area contributed by atoms with Crippen LogP contribution >= 0.6 is 11.8 Å². The summed E-state index contributed by atoms with van der Waals surface area (Å²) < 4.78 is 0. The van der Waals surface area contributed by atoms with Crippen LogP contribution in [-0.2, 0) is 9.59 Å². The maximum Gasteiger partial charge on any atom is 0.236 e. The van der Waals surface area contributed by atoms with Gasteiger partial charge in [-0.3, -0.25) is 9.59 Å². The highest BCUT2D eigenvalue weighted by Crippen LogP contribution is 2.22. The number of hydrogen-bond acceptors (Lipinski definition) is 3. The fourth-order valence-electron chi connectivity index (χ4n) is 2.82. The molecule has 2 rings (SSSR count). The molecule has 0 bridgehead atoms. The minimum absolute atomic E-state index is 0.0211. The van der Waals surface area contributed by atoms with Crippen molar-refractivity contribution >= 4 is 35.0 Å². The molecule has 2 aromatic rings. The predicted octanol–water partition coefficient (Wildman–Crippen LogP) is 4.34. The molecule has 26 heavy (non-hydrogen) atoms. The second-order valence-electron chi connectivity index (χ2n) is 6.34. The van der Waals surface area contributed by atoms with Gasteiger partial charge in [-0.05, 0) is 57.0 Å². The first-order chi connectivity index (χ1) is 12.4. The highest BCUT2D eigenvalue weighted by Gasteiger charge is 2.16. The molecule has 0 aliphatic rings. The van der Waals surface area contributed by atoms with Crippen molar-refractivity contribution in [3.8, 4) is 0 Å². The number of hydrogen-bond donors (Lipinski definition) is 1. The second-order valence-corrected chi connectivity index (χ2v) is 7.32. The van der Waals surface area contributed by atoms with E-state index in [0.29, 0.717) is 6.54 Å². The Balaban J connectivity index is 1.87. The fourth-order valence-corrected chi connectivity index (χ4v) is 3.51. The summed E-state index contributed by atoms with van der Waals surface area (Å²) in [5.74, 6) is 0.461. The van der Waals surface area contributed by atoms with Gasteiger partial charge in [0.15, 0.2) is 0 Å². The van der Waals surface area contributed by atoms with E-state index in [9.17, 15) is 9.59 Å². The van der Waals surface area contributed by atoms with Gasteiger partial charge in [-0.25, -0.2) is 0 Å². The molecule has 0 atom stereocenters. The van der Waals surface area contributed by atoms with Crippen molar-refractivity contribution in [2.24, 2.45) is 0 Å². The van der Waals surface area contributed by atoms with Crippen LogP contribution in [0, 0.1) is 20.8 Å². The number of anilines is 2. The molecule has 0 saturated carbocycles. The number of aryl methyl sites for hydroxylation is 3. The summed E-state index contributed by atoms with van der Waals surface area (Å²) in [6.45, 7) is 8.61. The van der Waals surface area contributed by atoms with E-state index in [4.69, 9.17) is 0 Å². The molecular formula is C21H26N2O2S. The number of nitrogens with zero attached hydrogens (tertiary/aromatic N) is 1. The monoisotopic (exact) mass is 370 g/mol. The first kappa shape index (κ1) is 20.0. The molecule has 138 valence electrons. The zero-order valence-electron chi connectivity index (χ0n) is 15.8. The lowest BCUT2D eigenvalue weighted by Crippen LogP contribution is -2.33. The van der Waals surface area contributed by atoms with Crippen molar-refractivity contribution in [2.45, 2.75) is 27.7 Å². The molecule has 2 aromatic carbocycles. The highest BCUT2D eigenvalue weighted by molar-refractivity contribution is 8.00. The Labute approximate surface area is 160 Å². The normalized spacial score (nSPS) is 10.5. The van der Waals surface area contributed by atoms with Crippen LogP contribution in [0.15, 0.2) is 42.5 Å². The highest BCUT2D eigenvalue weighted by atomic mass is 32.2. The SMILES string of the molecule is CCN(C(=O)CSCC(=O)Nc1cccc(C)c1)c1ccc(C)cc1C. The van der Waals surface area contributed by atoms with Crippen molar-refractivity contribution in [3.05, 3.63) is 59.2 Å². The van der Waals surface area contributed by atoms with E-state index < -0.39 is 0 Å². The average molecular weight is 371 g/mol. The number of carbonyl (C=O) groups is 2. The standard InChI is InChI=1S/C21H26N2O2S/c1-5-23(19-10-9-16(3)11-17(19)4)21(25)14-26-13-20(24)22-18-8-6-7-15(2)12-18/h6-12H,5,13-14H2,1-4H3,(H,22,24). The number of thioether (sulfide) groups is 1. The fraction of sp³-hybridized carbons (Fsp3) is 0.333. The van der Waals surface area contributed by atoms with E-state index in [-0.39, 0.29) is 23.3 Å². The Bertz CT molecular complexity index is 789. The van der Waals surface area contributed by atoms with E-state index in [0.717, 1.165) is 22.5 Å². The molecule has 0 heterocycles. The molecule has 1 N–H and O–H groups in total. The zero-order valence-corrected chi connectivity index (χ0v) is 16.7. The average Bonchev–Trinajstić information content (AvgIpc) is 2.57. The lowest BCUT2D eigenvalue weighted by Gasteiger charge is -2.23. The summed E-state index contributed by atoms with van der Waals surface area (Å²) in [5, 5.41) is 2.86. The Morgan fingerprint density at radius 2 is 1.73 bits per heavy atom. The molecule has 4 nitrogen and oxygen atoms in total. The third kappa shape index (κ3) is 5.63. The summed E-state index contributed by atoms with van der Waals surface area (Å²) in [6, 6.07) is 13.8.